The van der Waals surface area contributed by atoms with Crippen LogP contribution in [0.1, 0.15) is 0 Å². The molecule has 2 heteroatoms. The Morgan fingerprint density at radius 2 is 2.56 bits per heavy atom. The van der Waals surface area contributed by atoms with Crippen molar-refractivity contribution in [1.82, 2.24) is 5.16 Å². The highest BCUT2D eigenvalue weighted by Crippen LogP contribution is 2.09. The number of hydrogen-bond acceptors (Lipinski definition) is 2. The van der Waals surface area contributed by atoms with E-state index >= 15 is 0 Å². The first-order chi connectivity index (χ1) is 4.47. The van der Waals surface area contributed by atoms with Crippen LogP contribution >= 0.6 is 0 Å². The van der Waals surface area contributed by atoms with E-state index in [0.717, 1.165) is 11.0 Å². The third-order valence-electron chi connectivity index (χ3n) is 1.20. The van der Waals surface area contributed by atoms with Crippen LogP contribution in [-0.4, -0.2) is 5.16 Å². The summed E-state index contributed by atoms with van der Waals surface area (Å²) in [6.45, 7) is 0. The predicted molar refractivity (Wildman–Crippen MR) is 32.8 cm³/mol. The van der Waals surface area contributed by atoms with E-state index in [2.05, 4.69) is 11.2 Å². The molecule has 0 aliphatic rings. The minimum Gasteiger partial charge on any atom is -0.356 e. The van der Waals surface area contributed by atoms with Gasteiger partial charge in [-0.1, -0.05) is 11.2 Å². The Bertz CT molecular complexity index is 283. The molecule has 43 valence electrons. The van der Waals surface area contributed by atoms with Crippen LogP contribution in [0.2, 0.25) is 0 Å². The molecular weight excluding hydrogens is 114 g/mol. The highest BCUT2D eigenvalue weighted by molar-refractivity contribution is 5.74. The van der Waals surface area contributed by atoms with Crippen molar-refractivity contribution < 1.29 is 4.52 Å². The molecule has 2 nitrogen and oxygen atoms in total. The lowest BCUT2D eigenvalue weighted by molar-refractivity contribution is 0.456. The largest absolute Gasteiger partial charge is 0.356 e. The van der Waals surface area contributed by atoms with Gasteiger partial charge in [-0.3, -0.25) is 0 Å². The predicted octanol–water partition coefficient (Wildman–Crippen LogP) is 1.63. The first kappa shape index (κ1) is 4.56. The van der Waals surface area contributed by atoms with E-state index in [1.54, 1.807) is 12.3 Å². The quantitative estimate of drug-likeness (QED) is 0.525. The van der Waals surface area contributed by atoms with Gasteiger partial charge in [0.15, 0.2) is 5.58 Å². The highest BCUT2D eigenvalue weighted by atomic mass is 16.5. The summed E-state index contributed by atoms with van der Waals surface area (Å²) in [7, 11) is 0. The second kappa shape index (κ2) is 1.58. The van der Waals surface area contributed by atoms with Crippen molar-refractivity contribution in [3.8, 4) is 0 Å². The summed E-state index contributed by atoms with van der Waals surface area (Å²) in [5, 5.41) is 4.60. The highest BCUT2D eigenvalue weighted by Gasteiger charge is 1.91. The Morgan fingerprint density at radius 3 is 3.44 bits per heavy atom. The Kier molecular flexibility index (Phi) is 0.803. The summed E-state index contributed by atoms with van der Waals surface area (Å²) in [4.78, 5) is 0. The molecule has 0 aliphatic carbocycles. The summed E-state index contributed by atoms with van der Waals surface area (Å²) in [5.74, 6) is 0. The van der Waals surface area contributed by atoms with E-state index < -0.39 is 0 Å². The molecule has 9 heavy (non-hydrogen) atoms. The molecule has 1 aromatic heterocycles. The first-order valence-corrected chi connectivity index (χ1v) is 2.67. The van der Waals surface area contributed by atoms with Gasteiger partial charge in [-0.05, 0) is 18.2 Å². The zero-order chi connectivity index (χ0) is 6.10. The zero-order valence-corrected chi connectivity index (χ0v) is 4.66. The fourth-order valence-corrected chi connectivity index (χ4v) is 0.753. The SMILES string of the molecule is [c]1ccc2oncc2c1. The lowest BCUT2D eigenvalue weighted by Gasteiger charge is -1.78. The van der Waals surface area contributed by atoms with Gasteiger partial charge in [0.1, 0.15) is 0 Å². The Morgan fingerprint density at radius 1 is 1.56 bits per heavy atom. The van der Waals surface area contributed by atoms with Crippen LogP contribution in [0.4, 0.5) is 0 Å². The second-order valence-corrected chi connectivity index (χ2v) is 1.79. The Balaban J connectivity index is 2.95. The van der Waals surface area contributed by atoms with Gasteiger partial charge in [0, 0.05) is 5.39 Å². The lowest BCUT2D eigenvalue weighted by Crippen LogP contribution is -1.58. The molecule has 2 aromatic rings. The van der Waals surface area contributed by atoms with Crippen LogP contribution in [0.25, 0.3) is 11.0 Å². The van der Waals surface area contributed by atoms with Crippen LogP contribution in [-0.2, 0) is 0 Å². The standard InChI is InChI=1S/C7H4NO/c1-2-4-7-6(3-1)5-8-9-7/h2-5H. The molecule has 1 aromatic carbocycles. The molecule has 0 aliphatic heterocycles. The summed E-state index contributed by atoms with van der Waals surface area (Å²) >= 11 is 0. The van der Waals surface area contributed by atoms with E-state index in [1.807, 2.05) is 12.1 Å². The average molecular weight is 118 g/mol. The second-order valence-electron chi connectivity index (χ2n) is 1.79. The van der Waals surface area contributed by atoms with Crippen molar-refractivity contribution >= 4 is 11.0 Å². The topological polar surface area (TPSA) is 26.0 Å². The van der Waals surface area contributed by atoms with Crippen LogP contribution < -0.4 is 0 Å². The van der Waals surface area contributed by atoms with Crippen LogP contribution in [0.15, 0.2) is 28.9 Å². The molecule has 0 saturated carbocycles. The van der Waals surface area contributed by atoms with E-state index in [1.165, 1.54) is 0 Å². The molecule has 0 spiro atoms. The van der Waals surface area contributed by atoms with Gasteiger partial charge in [0.2, 0.25) is 0 Å². The molecule has 1 radical (unpaired) electrons. The normalized spacial score (nSPS) is 10.2. The smallest absolute Gasteiger partial charge is 0.166 e. The van der Waals surface area contributed by atoms with Gasteiger partial charge in [-0.15, -0.1) is 0 Å². The maximum Gasteiger partial charge on any atom is 0.166 e. The van der Waals surface area contributed by atoms with Crippen molar-refractivity contribution in [2.75, 3.05) is 0 Å². The summed E-state index contributed by atoms with van der Waals surface area (Å²) < 4.78 is 4.85. The summed E-state index contributed by atoms with van der Waals surface area (Å²) in [6.07, 6.45) is 1.67. The molecule has 0 fully saturated rings. The summed E-state index contributed by atoms with van der Waals surface area (Å²) in [5.41, 5.74) is 0.814. The van der Waals surface area contributed by atoms with Crippen LogP contribution in [0.3, 0.4) is 0 Å². The molecule has 2 rings (SSSR count). The lowest BCUT2D eigenvalue weighted by atomic mass is 10.3. The molecular formula is C7H4NO. The number of nitrogens with zero attached hydrogens (tertiary/aromatic N) is 1. The molecule has 0 saturated heterocycles. The number of hydrogen-bond donors (Lipinski definition) is 0. The fourth-order valence-electron chi connectivity index (χ4n) is 0.753. The van der Waals surface area contributed by atoms with Crippen molar-refractivity contribution in [1.29, 1.82) is 0 Å². The third kappa shape index (κ3) is 0.598. The number of benzene rings is 1. The van der Waals surface area contributed by atoms with Crippen molar-refractivity contribution in [2.45, 2.75) is 0 Å². The maximum atomic E-state index is 4.85. The van der Waals surface area contributed by atoms with Gasteiger partial charge in [-0.25, -0.2) is 0 Å². The molecule has 0 bridgehead atoms. The van der Waals surface area contributed by atoms with Gasteiger partial charge in [0.05, 0.1) is 6.20 Å². The summed E-state index contributed by atoms with van der Waals surface area (Å²) in [6, 6.07) is 8.40. The van der Waals surface area contributed by atoms with Crippen LogP contribution in [0.5, 0.6) is 0 Å². The minimum atomic E-state index is 0.814. The molecule has 1 heterocycles. The molecule has 0 N–H and O–H groups in total. The van der Waals surface area contributed by atoms with Gasteiger partial charge in [0.25, 0.3) is 0 Å². The zero-order valence-electron chi connectivity index (χ0n) is 4.66. The Labute approximate surface area is 52.1 Å². The number of fused-ring (bicyclic) bond motifs is 1. The average Bonchev–Trinajstić information content (AvgIpc) is 2.33. The van der Waals surface area contributed by atoms with Gasteiger partial charge < -0.3 is 4.52 Å². The van der Waals surface area contributed by atoms with Crippen molar-refractivity contribution in [3.05, 3.63) is 30.5 Å². The van der Waals surface area contributed by atoms with Gasteiger partial charge >= 0.3 is 0 Å². The minimum absolute atomic E-state index is 0.814. The van der Waals surface area contributed by atoms with Gasteiger partial charge in [-0.2, -0.15) is 0 Å². The molecule has 0 unspecified atom stereocenters. The number of aromatic nitrogens is 1. The third-order valence-corrected chi connectivity index (χ3v) is 1.20. The van der Waals surface area contributed by atoms with Crippen LogP contribution in [0, 0.1) is 6.07 Å². The monoisotopic (exact) mass is 118 g/mol. The van der Waals surface area contributed by atoms with E-state index in [4.69, 9.17) is 4.52 Å². The van der Waals surface area contributed by atoms with E-state index in [0.29, 0.717) is 0 Å². The maximum absolute atomic E-state index is 4.85. The first-order valence-electron chi connectivity index (χ1n) is 2.67. The van der Waals surface area contributed by atoms with E-state index in [9.17, 15) is 0 Å². The Hall–Kier alpha value is -1.31. The fraction of sp³-hybridized carbons (Fsp3) is 0. The molecule has 0 amide bonds. The molecule has 0 atom stereocenters. The van der Waals surface area contributed by atoms with Crippen molar-refractivity contribution in [3.63, 3.8) is 0 Å². The van der Waals surface area contributed by atoms with Crippen molar-refractivity contribution in [2.24, 2.45) is 0 Å². The van der Waals surface area contributed by atoms with E-state index in [-0.39, 0.29) is 0 Å². The number of rotatable bonds is 0.